The van der Waals surface area contributed by atoms with Crippen molar-refractivity contribution in [1.82, 2.24) is 9.88 Å². The van der Waals surface area contributed by atoms with Gasteiger partial charge in [-0.2, -0.15) is 0 Å². The van der Waals surface area contributed by atoms with E-state index < -0.39 is 0 Å². The van der Waals surface area contributed by atoms with Crippen LogP contribution in [0.15, 0.2) is 24.5 Å². The summed E-state index contributed by atoms with van der Waals surface area (Å²) in [6, 6.07) is 3.95. The van der Waals surface area contributed by atoms with E-state index in [4.69, 9.17) is 5.73 Å². The Morgan fingerprint density at radius 2 is 2.00 bits per heavy atom. The molecule has 0 aromatic carbocycles. The minimum absolute atomic E-state index is 0.155. The quantitative estimate of drug-likeness (QED) is 0.833. The van der Waals surface area contributed by atoms with Crippen LogP contribution in [0.25, 0.3) is 0 Å². The highest BCUT2D eigenvalue weighted by Gasteiger charge is 2.15. The van der Waals surface area contributed by atoms with Gasteiger partial charge < -0.3 is 10.6 Å². The maximum Gasteiger partial charge on any atom is 0.222 e. The van der Waals surface area contributed by atoms with E-state index in [1.807, 2.05) is 33.0 Å². The number of aromatic nitrogens is 1. The van der Waals surface area contributed by atoms with Gasteiger partial charge in [0.15, 0.2) is 0 Å². The van der Waals surface area contributed by atoms with Crippen LogP contribution in [0, 0.1) is 0 Å². The van der Waals surface area contributed by atoms with Crippen LogP contribution in [-0.4, -0.2) is 34.9 Å². The van der Waals surface area contributed by atoms with E-state index in [0.717, 1.165) is 13.0 Å². The van der Waals surface area contributed by atoms with Gasteiger partial charge in [-0.25, -0.2) is 0 Å². The van der Waals surface area contributed by atoms with Crippen LogP contribution in [-0.2, 0) is 11.2 Å². The molecule has 0 saturated heterocycles. The molecule has 0 aliphatic heterocycles. The molecule has 0 saturated carbocycles. The van der Waals surface area contributed by atoms with Gasteiger partial charge in [0.05, 0.1) is 0 Å². The molecule has 18 heavy (non-hydrogen) atoms. The van der Waals surface area contributed by atoms with Crippen molar-refractivity contribution in [2.24, 2.45) is 5.73 Å². The summed E-state index contributed by atoms with van der Waals surface area (Å²) in [6.45, 7) is 4.61. The van der Waals surface area contributed by atoms with E-state index in [9.17, 15) is 4.79 Å². The van der Waals surface area contributed by atoms with Crippen molar-refractivity contribution >= 4 is 5.91 Å². The molecule has 1 aromatic rings. The van der Waals surface area contributed by atoms with Crippen LogP contribution in [0.4, 0.5) is 0 Å². The van der Waals surface area contributed by atoms with Crippen LogP contribution in [0.1, 0.15) is 32.3 Å². The fourth-order valence-corrected chi connectivity index (χ4v) is 1.59. The molecule has 1 heterocycles. The van der Waals surface area contributed by atoms with Gasteiger partial charge in [-0.15, -0.1) is 0 Å². The summed E-state index contributed by atoms with van der Waals surface area (Å²) in [6.07, 6.45) is 5.63. The predicted molar refractivity (Wildman–Crippen MR) is 73.1 cm³/mol. The van der Waals surface area contributed by atoms with E-state index >= 15 is 0 Å². The van der Waals surface area contributed by atoms with Gasteiger partial charge in [0.25, 0.3) is 0 Å². The van der Waals surface area contributed by atoms with Gasteiger partial charge in [0, 0.05) is 37.9 Å². The molecular weight excluding hydrogens is 226 g/mol. The first-order valence-corrected chi connectivity index (χ1v) is 6.30. The fourth-order valence-electron chi connectivity index (χ4n) is 1.59. The van der Waals surface area contributed by atoms with Gasteiger partial charge in [-0.05, 0) is 44.4 Å². The molecule has 0 atom stereocenters. The Balaban J connectivity index is 2.32. The molecule has 4 nitrogen and oxygen atoms in total. The van der Waals surface area contributed by atoms with Crippen LogP contribution in [0.5, 0.6) is 0 Å². The number of rotatable bonds is 6. The number of hydrogen-bond acceptors (Lipinski definition) is 3. The molecule has 1 rings (SSSR count). The minimum Gasteiger partial charge on any atom is -0.345 e. The number of hydrogen-bond donors (Lipinski definition) is 1. The molecule has 100 valence electrons. The van der Waals surface area contributed by atoms with Gasteiger partial charge in [-0.1, -0.05) is 0 Å². The van der Waals surface area contributed by atoms with Crippen molar-refractivity contribution in [2.75, 3.05) is 13.6 Å². The number of amides is 1. The number of pyridine rings is 1. The second-order valence-corrected chi connectivity index (χ2v) is 5.41. The lowest BCUT2D eigenvalue weighted by atomic mass is 10.00. The maximum absolute atomic E-state index is 11.9. The zero-order valence-electron chi connectivity index (χ0n) is 11.5. The molecular formula is C14H23N3O. The third-order valence-corrected chi connectivity index (χ3v) is 2.89. The van der Waals surface area contributed by atoms with Crippen molar-refractivity contribution in [3.8, 4) is 0 Å². The Hall–Kier alpha value is -1.42. The SMILES string of the molecule is CN(CCc1ccncc1)C(=O)CCC(C)(C)N. The van der Waals surface area contributed by atoms with Crippen molar-refractivity contribution < 1.29 is 4.79 Å². The van der Waals surface area contributed by atoms with Crippen LogP contribution in [0.3, 0.4) is 0 Å². The first-order chi connectivity index (χ1) is 8.38. The standard InChI is InChI=1S/C14H23N3O/c1-14(2,15)8-4-13(18)17(3)11-7-12-5-9-16-10-6-12/h5-6,9-10H,4,7-8,11,15H2,1-3H3. The Bertz CT molecular complexity index is 370. The average molecular weight is 249 g/mol. The lowest BCUT2D eigenvalue weighted by Crippen LogP contribution is -2.35. The third kappa shape index (κ3) is 5.77. The second-order valence-electron chi connectivity index (χ2n) is 5.41. The van der Waals surface area contributed by atoms with E-state index in [1.165, 1.54) is 5.56 Å². The number of likely N-dealkylation sites (N-methyl/N-ethyl adjacent to an activating group) is 1. The predicted octanol–water partition coefficient (Wildman–Crippen LogP) is 1.60. The Morgan fingerprint density at radius 1 is 1.39 bits per heavy atom. The summed E-state index contributed by atoms with van der Waals surface area (Å²) in [5.41, 5.74) is 6.79. The van der Waals surface area contributed by atoms with E-state index in [-0.39, 0.29) is 11.4 Å². The van der Waals surface area contributed by atoms with Crippen molar-refractivity contribution in [3.63, 3.8) is 0 Å². The highest BCUT2D eigenvalue weighted by Crippen LogP contribution is 2.09. The Morgan fingerprint density at radius 3 is 2.56 bits per heavy atom. The van der Waals surface area contributed by atoms with Crippen molar-refractivity contribution in [1.29, 1.82) is 0 Å². The zero-order chi connectivity index (χ0) is 13.6. The van der Waals surface area contributed by atoms with Crippen LogP contribution < -0.4 is 5.73 Å². The highest BCUT2D eigenvalue weighted by molar-refractivity contribution is 5.75. The highest BCUT2D eigenvalue weighted by atomic mass is 16.2. The van der Waals surface area contributed by atoms with E-state index in [1.54, 1.807) is 17.3 Å². The molecule has 4 heteroatoms. The number of carbonyl (C=O) groups excluding carboxylic acids is 1. The first kappa shape index (κ1) is 14.6. The zero-order valence-corrected chi connectivity index (χ0v) is 11.5. The molecule has 1 amide bonds. The third-order valence-electron chi connectivity index (χ3n) is 2.89. The molecule has 0 radical (unpaired) electrons. The van der Waals surface area contributed by atoms with Gasteiger partial charge in [-0.3, -0.25) is 9.78 Å². The van der Waals surface area contributed by atoms with Gasteiger partial charge in [0.2, 0.25) is 5.91 Å². The van der Waals surface area contributed by atoms with Crippen LogP contribution >= 0.6 is 0 Å². The molecule has 0 bridgehead atoms. The normalized spacial score (nSPS) is 11.3. The van der Waals surface area contributed by atoms with Crippen molar-refractivity contribution in [2.45, 2.75) is 38.6 Å². The average Bonchev–Trinajstić information content (AvgIpc) is 2.33. The molecule has 2 N–H and O–H groups in total. The monoisotopic (exact) mass is 249 g/mol. The summed E-state index contributed by atoms with van der Waals surface area (Å²) in [7, 11) is 1.84. The fraction of sp³-hybridized carbons (Fsp3) is 0.571. The summed E-state index contributed by atoms with van der Waals surface area (Å²) in [4.78, 5) is 17.6. The molecule has 0 aliphatic carbocycles. The van der Waals surface area contributed by atoms with Crippen molar-refractivity contribution in [3.05, 3.63) is 30.1 Å². The summed E-state index contributed by atoms with van der Waals surface area (Å²) >= 11 is 0. The molecule has 0 fully saturated rings. The molecule has 0 spiro atoms. The van der Waals surface area contributed by atoms with Crippen LogP contribution in [0.2, 0.25) is 0 Å². The summed E-state index contributed by atoms with van der Waals surface area (Å²) in [5, 5.41) is 0. The number of nitrogens with zero attached hydrogens (tertiary/aromatic N) is 2. The minimum atomic E-state index is -0.276. The summed E-state index contributed by atoms with van der Waals surface area (Å²) < 4.78 is 0. The smallest absolute Gasteiger partial charge is 0.222 e. The van der Waals surface area contributed by atoms with E-state index in [0.29, 0.717) is 12.8 Å². The molecule has 1 aromatic heterocycles. The summed E-state index contributed by atoms with van der Waals surface area (Å²) in [5.74, 6) is 0.155. The lowest BCUT2D eigenvalue weighted by molar-refractivity contribution is -0.130. The van der Waals surface area contributed by atoms with Gasteiger partial charge in [0.1, 0.15) is 0 Å². The molecule has 0 aliphatic rings. The number of nitrogens with two attached hydrogens (primary N) is 1. The van der Waals surface area contributed by atoms with Gasteiger partial charge >= 0.3 is 0 Å². The molecule has 0 unspecified atom stereocenters. The Labute approximate surface area is 109 Å². The Kier molecular flexibility index (Phi) is 5.28. The first-order valence-electron chi connectivity index (χ1n) is 6.30. The lowest BCUT2D eigenvalue weighted by Gasteiger charge is -2.21. The topological polar surface area (TPSA) is 59.2 Å². The maximum atomic E-state index is 11.9. The van der Waals surface area contributed by atoms with E-state index in [2.05, 4.69) is 4.98 Å². The largest absolute Gasteiger partial charge is 0.345 e. The second kappa shape index (κ2) is 6.50. The number of carbonyl (C=O) groups is 1.